The fraction of sp³-hybridized carbons (Fsp3) is 0.300. The normalized spacial score (nSPS) is 19.8. The summed E-state index contributed by atoms with van der Waals surface area (Å²) in [6.45, 7) is 0.536. The fourth-order valence-corrected chi connectivity index (χ4v) is 1.59. The highest BCUT2D eigenvalue weighted by Crippen LogP contribution is 2.32. The molecular formula is C10H10O3. The molecule has 0 fully saturated rings. The van der Waals surface area contributed by atoms with Gasteiger partial charge in [0.1, 0.15) is 0 Å². The largest absolute Gasteiger partial charge is 0.481 e. The van der Waals surface area contributed by atoms with Crippen LogP contribution in [0.1, 0.15) is 23.7 Å². The third-order valence-corrected chi connectivity index (χ3v) is 2.20. The van der Waals surface area contributed by atoms with Gasteiger partial charge in [0, 0.05) is 0 Å². The van der Waals surface area contributed by atoms with Gasteiger partial charge in [0.05, 0.1) is 19.1 Å². The Morgan fingerprint density at radius 3 is 3.08 bits per heavy atom. The Balaban J connectivity index is 2.23. The van der Waals surface area contributed by atoms with Gasteiger partial charge in [-0.3, -0.25) is 4.79 Å². The monoisotopic (exact) mass is 178 g/mol. The van der Waals surface area contributed by atoms with Crippen LogP contribution in [0.15, 0.2) is 24.3 Å². The summed E-state index contributed by atoms with van der Waals surface area (Å²) >= 11 is 0. The van der Waals surface area contributed by atoms with Gasteiger partial charge in [-0.05, 0) is 11.1 Å². The Morgan fingerprint density at radius 1 is 1.54 bits per heavy atom. The van der Waals surface area contributed by atoms with E-state index in [0.717, 1.165) is 11.1 Å². The lowest BCUT2D eigenvalue weighted by molar-refractivity contribution is -0.140. The molecule has 0 bridgehead atoms. The Bertz CT molecular complexity index is 333. The molecule has 3 nitrogen and oxygen atoms in total. The third kappa shape index (κ3) is 1.55. The number of benzene rings is 1. The fourth-order valence-electron chi connectivity index (χ4n) is 1.59. The molecule has 1 atom stereocenters. The van der Waals surface area contributed by atoms with Crippen LogP contribution in [0.25, 0.3) is 0 Å². The predicted octanol–water partition coefficient (Wildman–Crippen LogP) is 1.73. The molecule has 3 heteroatoms. The molecule has 0 unspecified atom stereocenters. The number of ether oxygens (including phenoxy) is 1. The predicted molar refractivity (Wildman–Crippen MR) is 46.2 cm³/mol. The van der Waals surface area contributed by atoms with Gasteiger partial charge < -0.3 is 9.84 Å². The minimum Gasteiger partial charge on any atom is -0.481 e. The first-order valence-corrected chi connectivity index (χ1v) is 4.18. The lowest BCUT2D eigenvalue weighted by Crippen LogP contribution is -2.04. The van der Waals surface area contributed by atoms with E-state index < -0.39 is 5.97 Å². The van der Waals surface area contributed by atoms with E-state index in [1.807, 2.05) is 24.3 Å². The van der Waals surface area contributed by atoms with Crippen molar-refractivity contribution >= 4 is 5.97 Å². The number of hydrogen-bond acceptors (Lipinski definition) is 2. The molecule has 0 aliphatic carbocycles. The summed E-state index contributed by atoms with van der Waals surface area (Å²) in [7, 11) is 0. The maximum absolute atomic E-state index is 10.5. The average molecular weight is 178 g/mol. The van der Waals surface area contributed by atoms with Crippen molar-refractivity contribution in [3.63, 3.8) is 0 Å². The van der Waals surface area contributed by atoms with Crippen LogP contribution in [0, 0.1) is 0 Å². The minimum atomic E-state index is -0.818. The van der Waals surface area contributed by atoms with Crippen molar-refractivity contribution in [3.8, 4) is 0 Å². The number of aliphatic carboxylic acids is 1. The number of carbonyl (C=O) groups is 1. The van der Waals surface area contributed by atoms with E-state index in [1.165, 1.54) is 0 Å². The lowest BCUT2D eigenvalue weighted by atomic mass is 10.0. The Hall–Kier alpha value is -1.35. The maximum Gasteiger partial charge on any atom is 0.306 e. The summed E-state index contributed by atoms with van der Waals surface area (Å²) in [5.41, 5.74) is 2.12. The molecule has 0 saturated carbocycles. The second-order valence-corrected chi connectivity index (χ2v) is 3.10. The van der Waals surface area contributed by atoms with Crippen molar-refractivity contribution in [2.24, 2.45) is 0 Å². The summed E-state index contributed by atoms with van der Waals surface area (Å²) in [5.74, 6) is -0.818. The van der Waals surface area contributed by atoms with Crippen molar-refractivity contribution in [2.75, 3.05) is 0 Å². The summed E-state index contributed by atoms with van der Waals surface area (Å²) < 4.78 is 5.35. The molecule has 1 N–H and O–H groups in total. The molecule has 0 radical (unpaired) electrons. The summed E-state index contributed by atoms with van der Waals surface area (Å²) in [4.78, 5) is 10.5. The quantitative estimate of drug-likeness (QED) is 0.750. The molecule has 2 rings (SSSR count). The molecule has 68 valence electrons. The minimum absolute atomic E-state index is 0.0526. The number of rotatable bonds is 2. The first kappa shape index (κ1) is 8.26. The van der Waals surface area contributed by atoms with Gasteiger partial charge in [0.2, 0.25) is 0 Å². The van der Waals surface area contributed by atoms with Gasteiger partial charge in [-0.2, -0.15) is 0 Å². The zero-order chi connectivity index (χ0) is 9.26. The molecule has 1 aromatic carbocycles. The van der Waals surface area contributed by atoms with E-state index in [4.69, 9.17) is 9.84 Å². The smallest absolute Gasteiger partial charge is 0.306 e. The van der Waals surface area contributed by atoms with Crippen LogP contribution in [0.4, 0.5) is 0 Å². The number of carboxylic acids is 1. The molecule has 1 aromatic rings. The van der Waals surface area contributed by atoms with E-state index in [0.29, 0.717) is 6.61 Å². The van der Waals surface area contributed by atoms with Crippen LogP contribution in [0.2, 0.25) is 0 Å². The SMILES string of the molecule is O=C(O)C[C@H]1OCc2ccccc21. The van der Waals surface area contributed by atoms with Crippen LogP contribution in [-0.2, 0) is 16.1 Å². The molecule has 0 spiro atoms. The summed E-state index contributed by atoms with van der Waals surface area (Å²) in [6, 6.07) is 7.74. The molecule has 0 amide bonds. The Labute approximate surface area is 76.0 Å². The topological polar surface area (TPSA) is 46.5 Å². The zero-order valence-electron chi connectivity index (χ0n) is 7.06. The van der Waals surface area contributed by atoms with Gasteiger partial charge >= 0.3 is 5.97 Å². The molecular weight excluding hydrogens is 168 g/mol. The Morgan fingerprint density at radius 2 is 2.31 bits per heavy atom. The van der Waals surface area contributed by atoms with Crippen molar-refractivity contribution in [1.82, 2.24) is 0 Å². The highest BCUT2D eigenvalue weighted by molar-refractivity contribution is 5.68. The van der Waals surface area contributed by atoms with Crippen LogP contribution in [0.3, 0.4) is 0 Å². The highest BCUT2D eigenvalue weighted by atomic mass is 16.5. The van der Waals surface area contributed by atoms with Crippen LogP contribution in [-0.4, -0.2) is 11.1 Å². The number of hydrogen-bond donors (Lipinski definition) is 1. The number of fused-ring (bicyclic) bond motifs is 1. The third-order valence-electron chi connectivity index (χ3n) is 2.20. The van der Waals surface area contributed by atoms with Gasteiger partial charge in [0.15, 0.2) is 0 Å². The van der Waals surface area contributed by atoms with Gasteiger partial charge in [-0.15, -0.1) is 0 Å². The van der Waals surface area contributed by atoms with Crippen LogP contribution < -0.4 is 0 Å². The maximum atomic E-state index is 10.5. The summed E-state index contributed by atoms with van der Waals surface area (Å²) in [6.07, 6.45) is -0.203. The Kier molecular flexibility index (Phi) is 2.02. The van der Waals surface area contributed by atoms with Gasteiger partial charge in [-0.25, -0.2) is 0 Å². The second-order valence-electron chi connectivity index (χ2n) is 3.10. The van der Waals surface area contributed by atoms with Crippen molar-refractivity contribution in [2.45, 2.75) is 19.1 Å². The van der Waals surface area contributed by atoms with E-state index in [1.54, 1.807) is 0 Å². The van der Waals surface area contributed by atoms with E-state index >= 15 is 0 Å². The second kappa shape index (κ2) is 3.18. The number of carboxylic acid groups (broad SMARTS) is 1. The summed E-state index contributed by atoms with van der Waals surface area (Å²) in [5, 5.41) is 8.62. The van der Waals surface area contributed by atoms with E-state index in [9.17, 15) is 4.79 Å². The standard InChI is InChI=1S/C10H10O3/c11-10(12)5-9-8-4-2-1-3-7(8)6-13-9/h1-4,9H,5-6H2,(H,11,12)/t9-/m1/s1. The zero-order valence-corrected chi connectivity index (χ0v) is 7.06. The van der Waals surface area contributed by atoms with Gasteiger partial charge in [-0.1, -0.05) is 24.3 Å². The van der Waals surface area contributed by atoms with Crippen molar-refractivity contribution in [1.29, 1.82) is 0 Å². The van der Waals surface area contributed by atoms with Gasteiger partial charge in [0.25, 0.3) is 0 Å². The molecule has 13 heavy (non-hydrogen) atoms. The molecule has 1 heterocycles. The first-order chi connectivity index (χ1) is 6.27. The van der Waals surface area contributed by atoms with Crippen LogP contribution in [0.5, 0.6) is 0 Å². The van der Waals surface area contributed by atoms with Crippen molar-refractivity contribution in [3.05, 3.63) is 35.4 Å². The van der Waals surface area contributed by atoms with Crippen LogP contribution >= 0.6 is 0 Å². The van der Waals surface area contributed by atoms with E-state index in [-0.39, 0.29) is 12.5 Å². The molecule has 1 aliphatic rings. The lowest BCUT2D eigenvalue weighted by Gasteiger charge is -2.06. The highest BCUT2D eigenvalue weighted by Gasteiger charge is 2.24. The molecule has 1 aliphatic heterocycles. The first-order valence-electron chi connectivity index (χ1n) is 4.18. The molecule has 0 saturated heterocycles. The van der Waals surface area contributed by atoms with E-state index in [2.05, 4.69) is 0 Å². The van der Waals surface area contributed by atoms with Crippen molar-refractivity contribution < 1.29 is 14.6 Å². The average Bonchev–Trinajstić information content (AvgIpc) is 2.48. The molecule has 0 aromatic heterocycles.